The predicted molar refractivity (Wildman–Crippen MR) is 147 cm³/mol. The van der Waals surface area contributed by atoms with Crippen LogP contribution in [-0.4, -0.2) is 62.3 Å². The molecule has 0 saturated carbocycles. The van der Waals surface area contributed by atoms with Gasteiger partial charge in [0.25, 0.3) is 0 Å². The monoisotopic (exact) mass is 562 g/mol. The van der Waals surface area contributed by atoms with Crippen molar-refractivity contribution in [3.63, 3.8) is 0 Å². The average Bonchev–Trinajstić information content (AvgIpc) is 2.97. The van der Waals surface area contributed by atoms with Crippen LogP contribution in [0.2, 0.25) is 0 Å². The summed E-state index contributed by atoms with van der Waals surface area (Å²) in [6.45, 7) is 3.53. The number of esters is 3. The fourth-order valence-corrected chi connectivity index (χ4v) is 5.15. The molecule has 41 heavy (non-hydrogen) atoms. The van der Waals surface area contributed by atoms with Crippen LogP contribution in [0.25, 0.3) is 0 Å². The van der Waals surface area contributed by atoms with E-state index in [-0.39, 0.29) is 6.61 Å². The maximum atomic E-state index is 12.2. The Hall–Kier alpha value is -4.05. The van der Waals surface area contributed by atoms with Gasteiger partial charge in [-0.2, -0.15) is 0 Å². The van der Waals surface area contributed by atoms with Gasteiger partial charge >= 0.3 is 17.9 Å². The van der Waals surface area contributed by atoms with Gasteiger partial charge in [-0.05, 0) is 16.7 Å². The molecule has 9 heteroatoms. The summed E-state index contributed by atoms with van der Waals surface area (Å²) in [5.41, 5.74) is 1.47. The lowest BCUT2D eigenvalue weighted by Crippen LogP contribution is -2.63. The Bertz CT molecular complexity index is 1200. The second-order valence-electron chi connectivity index (χ2n) is 9.59. The number of benzene rings is 3. The van der Waals surface area contributed by atoms with Crippen LogP contribution in [0.5, 0.6) is 0 Å². The Labute approximate surface area is 239 Å². The molecule has 1 heterocycles. The summed E-state index contributed by atoms with van der Waals surface area (Å²) in [5.74, 6) is -1.95. The van der Waals surface area contributed by atoms with Gasteiger partial charge < -0.3 is 28.4 Å². The summed E-state index contributed by atoms with van der Waals surface area (Å²) in [5, 5.41) is 0. The largest absolute Gasteiger partial charge is 0.456 e. The third kappa shape index (κ3) is 6.82. The second-order valence-corrected chi connectivity index (χ2v) is 9.59. The molecular formula is C32H34O9. The normalized spacial score (nSPS) is 22.4. The van der Waals surface area contributed by atoms with Crippen LogP contribution in [0, 0.1) is 0 Å². The van der Waals surface area contributed by atoms with Crippen LogP contribution < -0.4 is 0 Å². The molecule has 3 aromatic rings. The van der Waals surface area contributed by atoms with E-state index >= 15 is 0 Å². The lowest BCUT2D eigenvalue weighted by molar-refractivity contribution is -0.306. The third-order valence-corrected chi connectivity index (χ3v) is 6.73. The summed E-state index contributed by atoms with van der Waals surface area (Å²) in [7, 11) is 1.37. The molecule has 0 bridgehead atoms. The predicted octanol–water partition coefficient (Wildman–Crippen LogP) is 4.16. The fourth-order valence-electron chi connectivity index (χ4n) is 5.15. The Morgan fingerprint density at radius 2 is 1.02 bits per heavy atom. The highest BCUT2D eigenvalue weighted by Crippen LogP contribution is 2.41. The molecule has 9 nitrogen and oxygen atoms in total. The molecule has 1 aliphatic heterocycles. The van der Waals surface area contributed by atoms with Gasteiger partial charge in [-0.1, -0.05) is 91.0 Å². The van der Waals surface area contributed by atoms with Gasteiger partial charge in [0.2, 0.25) is 0 Å². The topological polar surface area (TPSA) is 107 Å². The quantitative estimate of drug-likeness (QED) is 0.205. The van der Waals surface area contributed by atoms with E-state index in [9.17, 15) is 14.4 Å². The van der Waals surface area contributed by atoms with Crippen molar-refractivity contribution in [1.29, 1.82) is 0 Å². The summed E-state index contributed by atoms with van der Waals surface area (Å²) < 4.78 is 35.2. The minimum Gasteiger partial charge on any atom is -0.456 e. The molecule has 1 aliphatic rings. The van der Waals surface area contributed by atoms with Gasteiger partial charge in [0.15, 0.2) is 24.6 Å². The maximum Gasteiger partial charge on any atom is 0.303 e. The molecule has 0 N–H and O–H groups in total. The zero-order valence-corrected chi connectivity index (χ0v) is 23.4. The first-order valence-electron chi connectivity index (χ1n) is 13.3. The number of rotatable bonds is 10. The highest BCUT2D eigenvalue weighted by molar-refractivity contribution is 5.68. The Kier molecular flexibility index (Phi) is 9.88. The second kappa shape index (κ2) is 13.5. The highest BCUT2D eigenvalue weighted by atomic mass is 16.7. The van der Waals surface area contributed by atoms with Gasteiger partial charge in [-0.3, -0.25) is 14.4 Å². The van der Waals surface area contributed by atoms with Crippen LogP contribution in [0.1, 0.15) is 37.5 Å². The zero-order chi connectivity index (χ0) is 29.4. The van der Waals surface area contributed by atoms with Crippen molar-refractivity contribution in [1.82, 2.24) is 0 Å². The van der Waals surface area contributed by atoms with Crippen molar-refractivity contribution < 1.29 is 42.8 Å². The first-order valence-corrected chi connectivity index (χ1v) is 13.3. The summed E-state index contributed by atoms with van der Waals surface area (Å²) in [4.78, 5) is 36.3. The van der Waals surface area contributed by atoms with Gasteiger partial charge in [-0.25, -0.2) is 0 Å². The van der Waals surface area contributed by atoms with E-state index in [0.29, 0.717) is 0 Å². The number of carbonyl (C=O) groups excluding carboxylic acids is 3. The van der Waals surface area contributed by atoms with E-state index in [1.165, 1.54) is 27.9 Å². The Balaban J connectivity index is 1.80. The molecular weight excluding hydrogens is 528 g/mol. The molecule has 3 aromatic carbocycles. The number of hydrogen-bond acceptors (Lipinski definition) is 9. The van der Waals surface area contributed by atoms with Crippen LogP contribution in [0.4, 0.5) is 0 Å². The number of hydrogen-bond donors (Lipinski definition) is 0. The first-order chi connectivity index (χ1) is 19.8. The van der Waals surface area contributed by atoms with Crippen molar-refractivity contribution in [3.05, 3.63) is 108 Å². The van der Waals surface area contributed by atoms with Gasteiger partial charge in [-0.15, -0.1) is 0 Å². The molecule has 0 spiro atoms. The fraction of sp³-hybridized carbons (Fsp3) is 0.344. The Morgan fingerprint density at radius 1 is 0.634 bits per heavy atom. The van der Waals surface area contributed by atoms with Crippen LogP contribution in [0.15, 0.2) is 91.0 Å². The lowest BCUT2D eigenvalue weighted by atomic mass is 9.80. The minimum absolute atomic E-state index is 0.124. The molecule has 5 atom stereocenters. The van der Waals surface area contributed by atoms with E-state index in [1.54, 1.807) is 0 Å². The van der Waals surface area contributed by atoms with Crippen LogP contribution in [0.3, 0.4) is 0 Å². The summed E-state index contributed by atoms with van der Waals surface area (Å²) >= 11 is 0. The van der Waals surface area contributed by atoms with E-state index < -0.39 is 54.2 Å². The van der Waals surface area contributed by atoms with Crippen molar-refractivity contribution in [2.45, 2.75) is 57.1 Å². The molecule has 0 aliphatic carbocycles. The Morgan fingerprint density at radius 3 is 1.41 bits per heavy atom. The molecule has 216 valence electrons. The molecule has 0 amide bonds. The highest BCUT2D eigenvalue weighted by Gasteiger charge is 2.53. The number of methoxy groups -OCH3 is 1. The molecule has 1 fully saturated rings. The standard InChI is InChI=1S/C32H34O9/c1-21(33)38-28-27(41-31(36-4)30(40-23(3)35)29(28)39-22(2)34)20-37-32(24-14-8-5-9-15-24,25-16-10-6-11-17-25)26-18-12-7-13-19-26/h5-19,27-31H,20H2,1-4H3/t27-,28-,29+,30+,31+/m1/s1. The van der Waals surface area contributed by atoms with Gasteiger partial charge in [0, 0.05) is 27.9 Å². The summed E-state index contributed by atoms with van der Waals surface area (Å²) in [6.07, 6.45) is -5.69. The first kappa shape index (κ1) is 29.9. The van der Waals surface area contributed by atoms with E-state index in [4.69, 9.17) is 28.4 Å². The van der Waals surface area contributed by atoms with E-state index in [1.807, 2.05) is 91.0 Å². The van der Waals surface area contributed by atoms with Gasteiger partial charge in [0.1, 0.15) is 11.7 Å². The van der Waals surface area contributed by atoms with Gasteiger partial charge in [0.05, 0.1) is 6.61 Å². The molecule has 1 saturated heterocycles. The van der Waals surface area contributed by atoms with Crippen molar-refractivity contribution >= 4 is 17.9 Å². The average molecular weight is 563 g/mol. The molecule has 0 unspecified atom stereocenters. The van der Waals surface area contributed by atoms with E-state index in [2.05, 4.69) is 0 Å². The van der Waals surface area contributed by atoms with E-state index in [0.717, 1.165) is 16.7 Å². The number of ether oxygens (including phenoxy) is 6. The SMILES string of the molecule is CO[C@H]1O[C@H](COC(c2ccccc2)(c2ccccc2)c2ccccc2)[C@@H](OC(C)=O)[C@H](OC(C)=O)[C@@H]1OC(C)=O. The van der Waals surface area contributed by atoms with Crippen molar-refractivity contribution in [3.8, 4) is 0 Å². The molecule has 0 aromatic heterocycles. The lowest BCUT2D eigenvalue weighted by Gasteiger charge is -2.45. The van der Waals surface area contributed by atoms with Crippen molar-refractivity contribution in [2.75, 3.05) is 13.7 Å². The van der Waals surface area contributed by atoms with Crippen LogP contribution >= 0.6 is 0 Å². The number of carbonyl (C=O) groups is 3. The zero-order valence-electron chi connectivity index (χ0n) is 23.4. The molecule has 0 radical (unpaired) electrons. The summed E-state index contributed by atoms with van der Waals surface area (Å²) in [6, 6.07) is 29.2. The van der Waals surface area contributed by atoms with Crippen LogP contribution in [-0.2, 0) is 48.4 Å². The maximum absolute atomic E-state index is 12.2. The minimum atomic E-state index is -1.22. The molecule has 4 rings (SSSR count). The third-order valence-electron chi connectivity index (χ3n) is 6.73. The smallest absolute Gasteiger partial charge is 0.303 e. The van der Waals surface area contributed by atoms with Crippen molar-refractivity contribution in [2.24, 2.45) is 0 Å².